The van der Waals surface area contributed by atoms with E-state index in [9.17, 15) is 9.59 Å². The molecule has 1 amide bonds. The smallest absolute Gasteiger partial charge is 0.413 e. The van der Waals surface area contributed by atoms with Gasteiger partial charge in [-0.3, -0.25) is 9.69 Å². The topological polar surface area (TPSA) is 46.6 Å². The molecule has 0 aliphatic carbocycles. The molecule has 0 unspecified atom stereocenters. The Morgan fingerprint density at radius 2 is 1.83 bits per heavy atom. The van der Waals surface area contributed by atoms with Gasteiger partial charge in [0.15, 0.2) is 5.78 Å². The minimum absolute atomic E-state index is 0.168. The summed E-state index contributed by atoms with van der Waals surface area (Å²) in [5, 5.41) is 0. The predicted octanol–water partition coefficient (Wildman–Crippen LogP) is 4.17. The van der Waals surface area contributed by atoms with E-state index in [1.807, 2.05) is 30.3 Å². The first kappa shape index (κ1) is 15.5. The van der Waals surface area contributed by atoms with E-state index in [0.717, 1.165) is 10.0 Å². The van der Waals surface area contributed by atoms with Crippen LogP contribution in [0.3, 0.4) is 0 Å². The summed E-state index contributed by atoms with van der Waals surface area (Å²) in [5.41, 5.74) is 1.57. The molecule has 0 bridgehead atoms. The maximum atomic E-state index is 12.1. The number of carbonyl (C=O) groups is 2. The third-order valence-electron chi connectivity index (χ3n) is 3.46. The van der Waals surface area contributed by atoms with Crippen LogP contribution in [0.5, 0.6) is 0 Å². The molecule has 116 valence electrons. The number of nitrogens with zero attached hydrogens (tertiary/aromatic N) is 1. The molecule has 4 nitrogen and oxygen atoms in total. The number of ketones is 1. The summed E-state index contributed by atoms with van der Waals surface area (Å²) in [7, 11) is 0. The van der Waals surface area contributed by atoms with Crippen molar-refractivity contribution < 1.29 is 14.3 Å². The molecule has 0 N–H and O–H groups in total. The summed E-state index contributed by atoms with van der Waals surface area (Å²) in [6.45, 7) is 0.746. The van der Waals surface area contributed by atoms with Crippen molar-refractivity contribution in [2.75, 3.05) is 6.54 Å². The molecule has 0 saturated carbocycles. The zero-order chi connectivity index (χ0) is 16.2. The van der Waals surface area contributed by atoms with Crippen LogP contribution >= 0.6 is 15.9 Å². The molecule has 0 radical (unpaired) electrons. The van der Waals surface area contributed by atoms with E-state index in [2.05, 4.69) is 15.9 Å². The van der Waals surface area contributed by atoms with Gasteiger partial charge in [-0.25, -0.2) is 4.79 Å². The highest BCUT2D eigenvalue weighted by Crippen LogP contribution is 2.19. The monoisotopic (exact) mass is 371 g/mol. The van der Waals surface area contributed by atoms with Crippen LogP contribution in [0, 0.1) is 0 Å². The van der Waals surface area contributed by atoms with Gasteiger partial charge in [-0.15, -0.1) is 0 Å². The molecular formula is C18H14BrNO3. The molecule has 0 atom stereocenters. The Kier molecular flexibility index (Phi) is 4.57. The number of hydrogen-bond donors (Lipinski definition) is 0. The highest BCUT2D eigenvalue weighted by atomic mass is 79.9. The number of carbonyl (C=O) groups excluding carboxylic acids is 2. The van der Waals surface area contributed by atoms with Gasteiger partial charge in [0, 0.05) is 22.7 Å². The summed E-state index contributed by atoms with van der Waals surface area (Å²) in [4.78, 5) is 25.6. The van der Waals surface area contributed by atoms with Gasteiger partial charge in [-0.2, -0.15) is 0 Å². The van der Waals surface area contributed by atoms with E-state index in [0.29, 0.717) is 24.4 Å². The zero-order valence-corrected chi connectivity index (χ0v) is 13.8. The lowest BCUT2D eigenvalue weighted by Crippen LogP contribution is -2.23. The predicted molar refractivity (Wildman–Crippen MR) is 89.9 cm³/mol. The van der Waals surface area contributed by atoms with Crippen LogP contribution in [0.2, 0.25) is 0 Å². The first-order valence-corrected chi connectivity index (χ1v) is 7.92. The van der Waals surface area contributed by atoms with Gasteiger partial charge < -0.3 is 4.74 Å². The molecule has 1 heterocycles. The summed E-state index contributed by atoms with van der Waals surface area (Å²) in [6, 6.07) is 16.6. The Morgan fingerprint density at radius 1 is 1.13 bits per heavy atom. The van der Waals surface area contributed by atoms with Gasteiger partial charge >= 0.3 is 6.09 Å². The Labute approximate surface area is 142 Å². The largest absolute Gasteiger partial charge is 0.415 e. The number of allylic oxidation sites excluding steroid dienone is 1. The number of cyclic esters (lactones) is 1. The summed E-state index contributed by atoms with van der Waals surface area (Å²) >= 11 is 3.38. The number of hydrogen-bond acceptors (Lipinski definition) is 3. The molecule has 0 spiro atoms. The van der Waals surface area contributed by atoms with Gasteiger partial charge in [0.2, 0.25) is 0 Å². The molecule has 1 aliphatic heterocycles. The van der Waals surface area contributed by atoms with E-state index in [1.165, 1.54) is 6.08 Å². The van der Waals surface area contributed by atoms with E-state index in [4.69, 9.17) is 4.74 Å². The van der Waals surface area contributed by atoms with Gasteiger partial charge in [0.25, 0.3) is 0 Å². The fraction of sp³-hybridized carbons (Fsp3) is 0.111. The van der Waals surface area contributed by atoms with Gasteiger partial charge in [0.1, 0.15) is 5.76 Å². The van der Waals surface area contributed by atoms with Crippen molar-refractivity contribution in [3.63, 3.8) is 0 Å². The Morgan fingerprint density at radius 3 is 2.52 bits per heavy atom. The number of halogens is 1. The van der Waals surface area contributed by atoms with Crippen LogP contribution < -0.4 is 0 Å². The second-order valence-corrected chi connectivity index (χ2v) is 6.11. The second kappa shape index (κ2) is 6.79. The zero-order valence-electron chi connectivity index (χ0n) is 12.2. The van der Waals surface area contributed by atoms with Crippen LogP contribution in [-0.2, 0) is 11.3 Å². The summed E-state index contributed by atoms with van der Waals surface area (Å²) in [5.74, 6) is 0.208. The fourth-order valence-electron chi connectivity index (χ4n) is 2.30. The minimum atomic E-state index is -0.431. The molecule has 1 aliphatic rings. The average molecular weight is 372 g/mol. The number of ether oxygens (including phenoxy) is 1. The Balaban J connectivity index is 1.68. The maximum Gasteiger partial charge on any atom is 0.415 e. The second-order valence-electron chi connectivity index (χ2n) is 5.19. The molecule has 3 rings (SSSR count). The standard InChI is InChI=1S/C18H14BrNO3/c19-15-8-6-13(7-9-15)11-20-12-16(23-18(20)22)10-17(21)14-4-2-1-3-5-14/h1-10H,11-12H2. The molecular weight excluding hydrogens is 358 g/mol. The van der Waals surface area contributed by atoms with Crippen LogP contribution in [0.1, 0.15) is 15.9 Å². The van der Waals surface area contributed by atoms with Crippen molar-refractivity contribution in [3.05, 3.63) is 82.0 Å². The van der Waals surface area contributed by atoms with Crippen molar-refractivity contribution in [2.45, 2.75) is 6.54 Å². The lowest BCUT2D eigenvalue weighted by atomic mass is 10.1. The molecule has 2 aromatic rings. The van der Waals surface area contributed by atoms with Gasteiger partial charge in [-0.1, -0.05) is 58.4 Å². The van der Waals surface area contributed by atoms with Gasteiger partial charge in [-0.05, 0) is 17.7 Å². The van der Waals surface area contributed by atoms with E-state index >= 15 is 0 Å². The number of benzene rings is 2. The molecule has 5 heteroatoms. The van der Waals surface area contributed by atoms with Crippen LogP contribution in [0.25, 0.3) is 0 Å². The van der Waals surface area contributed by atoms with Crippen molar-refractivity contribution in [1.29, 1.82) is 0 Å². The van der Waals surface area contributed by atoms with Crippen molar-refractivity contribution >= 4 is 27.8 Å². The lowest BCUT2D eigenvalue weighted by molar-refractivity contribution is 0.104. The quantitative estimate of drug-likeness (QED) is 0.598. The normalized spacial score (nSPS) is 15.8. The first-order chi connectivity index (χ1) is 11.1. The maximum absolute atomic E-state index is 12.1. The Hall–Kier alpha value is -2.40. The molecule has 1 fully saturated rings. The van der Waals surface area contributed by atoms with Crippen LogP contribution in [0.15, 0.2) is 70.9 Å². The Bertz CT molecular complexity index is 754. The van der Waals surface area contributed by atoms with E-state index < -0.39 is 6.09 Å². The summed E-state index contributed by atoms with van der Waals surface area (Å²) < 4.78 is 6.17. The molecule has 2 aromatic carbocycles. The minimum Gasteiger partial charge on any atom is -0.413 e. The lowest BCUT2D eigenvalue weighted by Gasteiger charge is -2.11. The van der Waals surface area contributed by atoms with Crippen molar-refractivity contribution in [2.24, 2.45) is 0 Å². The van der Waals surface area contributed by atoms with E-state index in [-0.39, 0.29) is 5.78 Å². The van der Waals surface area contributed by atoms with Crippen molar-refractivity contribution in [3.8, 4) is 0 Å². The molecule has 23 heavy (non-hydrogen) atoms. The highest BCUT2D eigenvalue weighted by Gasteiger charge is 2.27. The highest BCUT2D eigenvalue weighted by molar-refractivity contribution is 9.10. The van der Waals surface area contributed by atoms with E-state index in [1.54, 1.807) is 29.2 Å². The SMILES string of the molecule is O=C(C=C1CN(Cc2ccc(Br)cc2)C(=O)O1)c1ccccc1. The average Bonchev–Trinajstić information content (AvgIpc) is 2.90. The van der Waals surface area contributed by atoms with Crippen LogP contribution in [-0.4, -0.2) is 23.3 Å². The fourth-order valence-corrected chi connectivity index (χ4v) is 2.56. The van der Waals surface area contributed by atoms with Crippen LogP contribution in [0.4, 0.5) is 4.79 Å². The third-order valence-corrected chi connectivity index (χ3v) is 3.99. The molecule has 0 aromatic heterocycles. The first-order valence-electron chi connectivity index (χ1n) is 7.13. The summed E-state index contributed by atoms with van der Waals surface area (Å²) in [6.07, 6.45) is 0.953. The number of rotatable bonds is 4. The van der Waals surface area contributed by atoms with Gasteiger partial charge in [0.05, 0.1) is 6.54 Å². The number of amides is 1. The third kappa shape index (κ3) is 3.87. The van der Waals surface area contributed by atoms with Crippen molar-refractivity contribution in [1.82, 2.24) is 4.90 Å². The molecule has 1 saturated heterocycles.